The third kappa shape index (κ3) is 24.1. The Balaban J connectivity index is 3.16. The van der Waals surface area contributed by atoms with Crippen LogP contribution in [0.3, 0.4) is 0 Å². The summed E-state index contributed by atoms with van der Waals surface area (Å²) in [6.07, 6.45) is 3.64. The summed E-state index contributed by atoms with van der Waals surface area (Å²) >= 11 is 4.52. The van der Waals surface area contributed by atoms with E-state index in [2.05, 4.69) is 62.4 Å². The number of hydrogen-bond acceptors (Lipinski definition) is 7. The number of nitrogens with zero attached hydrogens (tertiary/aromatic N) is 4. The molecule has 0 spiro atoms. The van der Waals surface area contributed by atoms with Gasteiger partial charge in [0.25, 0.3) is 0 Å². The number of amides is 1. The highest BCUT2D eigenvalue weighted by molar-refractivity contribution is 14.2. The van der Waals surface area contributed by atoms with Crippen LogP contribution in [0.15, 0.2) is 5.11 Å². The standard InChI is InChI=1S/C16H31I2N5O5/c17-23(18)7-3-1-2-5-20-16(24)4-8-25-10-12-27-14-15-28-13-11-26-9-6-21-22-19/h1-15H2,(H,20,24). The normalized spacial score (nSPS) is 10.8. The van der Waals surface area contributed by atoms with Gasteiger partial charge < -0.3 is 24.3 Å². The monoisotopic (exact) mass is 627 g/mol. The fourth-order valence-corrected chi connectivity index (χ4v) is 2.61. The van der Waals surface area contributed by atoms with Gasteiger partial charge in [0.15, 0.2) is 0 Å². The van der Waals surface area contributed by atoms with Crippen molar-refractivity contribution in [1.82, 2.24) is 6.64 Å². The highest BCUT2D eigenvalue weighted by atomic mass is 127. The molecule has 0 atom stereocenters. The molecule has 0 heterocycles. The molecule has 0 radical (unpaired) electrons. The predicted molar refractivity (Wildman–Crippen MR) is 124 cm³/mol. The smallest absolute Gasteiger partial charge is 0.222 e. The highest BCUT2D eigenvalue weighted by Crippen LogP contribution is 2.09. The maximum absolute atomic E-state index is 11.6. The largest absolute Gasteiger partial charge is 0.379 e. The second kappa shape index (κ2) is 23.3. The van der Waals surface area contributed by atoms with E-state index in [1.165, 1.54) is 0 Å². The SMILES string of the molecule is [N-]=[N+]=NCCOCCOCCOCCOCCC(=O)NCCCCCN(I)I. The molecule has 0 aromatic rings. The molecule has 0 aliphatic carbocycles. The van der Waals surface area contributed by atoms with Crippen molar-refractivity contribution in [2.24, 2.45) is 5.11 Å². The summed E-state index contributed by atoms with van der Waals surface area (Å²) in [5.74, 6) is 0.0281. The molecule has 0 aliphatic rings. The summed E-state index contributed by atoms with van der Waals surface area (Å²) in [7, 11) is 0. The number of hydrogen-bond donors (Lipinski definition) is 1. The van der Waals surface area contributed by atoms with Crippen LogP contribution in [0.4, 0.5) is 0 Å². The molecule has 0 saturated carbocycles. The quantitative estimate of drug-likeness (QED) is 0.0523. The van der Waals surface area contributed by atoms with E-state index in [0.29, 0.717) is 65.8 Å². The summed E-state index contributed by atoms with van der Waals surface area (Å²) in [5, 5.41) is 6.26. The Kier molecular flexibility index (Phi) is 23.4. The van der Waals surface area contributed by atoms with E-state index in [0.717, 1.165) is 32.4 Å². The summed E-state index contributed by atoms with van der Waals surface area (Å²) in [4.78, 5) is 14.3. The molecule has 0 rings (SSSR count). The van der Waals surface area contributed by atoms with Crippen LogP contribution in [0, 0.1) is 0 Å². The minimum absolute atomic E-state index is 0.0281. The van der Waals surface area contributed by atoms with Gasteiger partial charge in [-0.1, -0.05) is 11.5 Å². The summed E-state index contributed by atoms with van der Waals surface area (Å²) in [6, 6.07) is 0. The van der Waals surface area contributed by atoms with Gasteiger partial charge in [0.2, 0.25) is 5.91 Å². The van der Waals surface area contributed by atoms with Gasteiger partial charge >= 0.3 is 0 Å². The zero-order chi connectivity index (χ0) is 20.7. The van der Waals surface area contributed by atoms with Crippen molar-refractivity contribution in [2.75, 3.05) is 72.5 Å². The van der Waals surface area contributed by atoms with E-state index in [4.69, 9.17) is 24.5 Å². The number of halogens is 2. The number of rotatable bonds is 21. The molecule has 1 amide bonds. The molecule has 10 nitrogen and oxygen atoms in total. The molecule has 0 aromatic heterocycles. The van der Waals surface area contributed by atoms with Crippen LogP contribution >= 0.6 is 45.7 Å². The lowest BCUT2D eigenvalue weighted by Crippen LogP contribution is -2.25. The lowest BCUT2D eigenvalue weighted by molar-refractivity contribution is -0.122. The fourth-order valence-electron chi connectivity index (χ4n) is 1.93. The molecule has 0 fully saturated rings. The molecule has 0 unspecified atom stereocenters. The first-order chi connectivity index (χ1) is 13.7. The molecular formula is C16H31I2N5O5. The topological polar surface area (TPSA) is 118 Å². The molecule has 28 heavy (non-hydrogen) atoms. The maximum atomic E-state index is 11.6. The van der Waals surface area contributed by atoms with Gasteiger partial charge in [-0.25, -0.2) is 0 Å². The zero-order valence-corrected chi connectivity index (χ0v) is 20.5. The van der Waals surface area contributed by atoms with Gasteiger partial charge in [-0.15, -0.1) is 0 Å². The summed E-state index contributed by atoms with van der Waals surface area (Å²) in [6.45, 7) is 5.74. The van der Waals surface area contributed by atoms with Crippen LogP contribution < -0.4 is 5.32 Å². The van der Waals surface area contributed by atoms with Gasteiger partial charge in [-0.3, -0.25) is 4.79 Å². The highest BCUT2D eigenvalue weighted by Gasteiger charge is 2.01. The third-order valence-electron chi connectivity index (χ3n) is 3.31. The number of carbonyl (C=O) groups is 1. The maximum Gasteiger partial charge on any atom is 0.222 e. The lowest BCUT2D eigenvalue weighted by atomic mass is 10.2. The molecule has 164 valence electrons. The average molecular weight is 627 g/mol. The first-order valence-electron chi connectivity index (χ1n) is 9.34. The van der Waals surface area contributed by atoms with E-state index in [1.54, 1.807) is 0 Å². The van der Waals surface area contributed by atoms with Crippen molar-refractivity contribution in [3.8, 4) is 0 Å². The Hall–Kier alpha value is 0.0400. The van der Waals surface area contributed by atoms with Crippen molar-refractivity contribution in [2.45, 2.75) is 25.7 Å². The lowest BCUT2D eigenvalue weighted by Gasteiger charge is -2.08. The number of carbonyl (C=O) groups excluding carboxylic acids is 1. The summed E-state index contributed by atoms with van der Waals surface area (Å²) < 4.78 is 23.4. The fraction of sp³-hybridized carbons (Fsp3) is 0.938. The number of nitrogens with one attached hydrogen (secondary N) is 1. The second-order valence-electron chi connectivity index (χ2n) is 5.59. The minimum atomic E-state index is 0.0281. The Morgan fingerprint density at radius 2 is 1.46 bits per heavy atom. The van der Waals surface area contributed by atoms with Crippen LogP contribution in [0.2, 0.25) is 0 Å². The van der Waals surface area contributed by atoms with Gasteiger partial charge in [0.1, 0.15) is 0 Å². The van der Waals surface area contributed by atoms with E-state index in [9.17, 15) is 4.79 Å². The molecular weight excluding hydrogens is 596 g/mol. The predicted octanol–water partition coefficient (Wildman–Crippen LogP) is 3.04. The molecule has 0 aromatic carbocycles. The van der Waals surface area contributed by atoms with Crippen molar-refractivity contribution in [3.05, 3.63) is 10.4 Å². The number of ether oxygens (including phenoxy) is 4. The molecule has 12 heteroatoms. The number of azide groups is 1. The van der Waals surface area contributed by atoms with E-state index >= 15 is 0 Å². The second-order valence-corrected chi connectivity index (χ2v) is 9.77. The number of unbranched alkanes of at least 4 members (excludes halogenated alkanes) is 2. The van der Waals surface area contributed by atoms with Crippen LogP contribution in [0.5, 0.6) is 0 Å². The minimum Gasteiger partial charge on any atom is -0.379 e. The van der Waals surface area contributed by atoms with E-state index < -0.39 is 0 Å². The van der Waals surface area contributed by atoms with Crippen molar-refractivity contribution >= 4 is 51.6 Å². The first-order valence-corrected chi connectivity index (χ1v) is 11.3. The molecule has 0 bridgehead atoms. The Morgan fingerprint density at radius 3 is 2.04 bits per heavy atom. The Bertz CT molecular complexity index is 415. The third-order valence-corrected chi connectivity index (χ3v) is 4.28. The molecule has 0 aliphatic heterocycles. The van der Waals surface area contributed by atoms with Crippen LogP contribution in [-0.4, -0.2) is 79.7 Å². The van der Waals surface area contributed by atoms with Gasteiger partial charge in [-0.2, -0.15) is 1.33 Å². The van der Waals surface area contributed by atoms with Crippen LogP contribution in [0.1, 0.15) is 25.7 Å². The van der Waals surface area contributed by atoms with Gasteiger partial charge in [-0.05, 0) is 18.4 Å². The Labute approximate surface area is 195 Å². The van der Waals surface area contributed by atoms with Crippen LogP contribution in [-0.2, 0) is 23.7 Å². The first kappa shape index (κ1) is 28.0. The van der Waals surface area contributed by atoms with Crippen LogP contribution in [0.25, 0.3) is 10.4 Å². The Morgan fingerprint density at radius 1 is 0.893 bits per heavy atom. The van der Waals surface area contributed by atoms with Crippen molar-refractivity contribution in [3.63, 3.8) is 0 Å². The van der Waals surface area contributed by atoms with Gasteiger partial charge in [0, 0.05) is 76.7 Å². The van der Waals surface area contributed by atoms with Gasteiger partial charge in [0.05, 0.1) is 52.9 Å². The summed E-state index contributed by atoms with van der Waals surface area (Å²) in [5.41, 5.74) is 8.09. The van der Waals surface area contributed by atoms with Crippen molar-refractivity contribution < 1.29 is 23.7 Å². The van der Waals surface area contributed by atoms with E-state index in [1.807, 2.05) is 0 Å². The molecule has 0 saturated heterocycles. The molecule has 1 N–H and O–H groups in total. The average Bonchev–Trinajstić information content (AvgIpc) is 2.67. The van der Waals surface area contributed by atoms with E-state index in [-0.39, 0.29) is 5.91 Å². The zero-order valence-electron chi connectivity index (χ0n) is 16.2. The van der Waals surface area contributed by atoms with Crippen molar-refractivity contribution in [1.29, 1.82) is 0 Å².